The van der Waals surface area contributed by atoms with E-state index in [4.69, 9.17) is 11.6 Å². The Morgan fingerprint density at radius 1 is 0.186 bits per heavy atom. The molecule has 20 aromatic carbocycles. The number of benzene rings is 20. The lowest BCUT2D eigenvalue weighted by molar-refractivity contribution is 1.18. The number of halogens is 1. The van der Waals surface area contributed by atoms with E-state index >= 15 is 0 Å². The molecule has 2 aliphatic carbocycles. The molecule has 0 unspecified atom stereocenters. The van der Waals surface area contributed by atoms with Crippen LogP contribution in [0.3, 0.4) is 0 Å². The molecule has 2 aliphatic rings. The minimum Gasteiger partial charge on any atom is -0.355 e. The van der Waals surface area contributed by atoms with Gasteiger partial charge < -0.3 is 18.7 Å². The molecule has 524 valence electrons. The van der Waals surface area contributed by atoms with Crippen LogP contribution in [-0.4, -0.2) is 18.7 Å². The third-order valence-corrected chi connectivity index (χ3v) is 24.6. The Balaban J connectivity index is 0.000000112. The normalized spacial score (nSPS) is 12.1. The first-order valence-electron chi connectivity index (χ1n) is 38.9. The highest BCUT2D eigenvalue weighted by molar-refractivity contribution is 6.32. The van der Waals surface area contributed by atoms with Crippen LogP contribution in [0.15, 0.2) is 388 Å². The van der Waals surface area contributed by atoms with E-state index in [1.807, 2.05) is 6.07 Å². The number of fused-ring (bicyclic) bond motifs is 24. The molecule has 5 heteroatoms. The Labute approximate surface area is 654 Å². The van der Waals surface area contributed by atoms with Crippen molar-refractivity contribution in [3.8, 4) is 83.8 Å². The number of nitrogens with one attached hydrogen (secondary N) is 1. The topological polar surface area (TPSA) is 30.6 Å². The van der Waals surface area contributed by atoms with Crippen molar-refractivity contribution >= 4 is 163 Å². The minimum atomic E-state index is 0.800. The number of rotatable bonds is 5. The summed E-state index contributed by atoms with van der Waals surface area (Å²) in [4.78, 5) is 3.56. The van der Waals surface area contributed by atoms with Gasteiger partial charge in [-0.2, -0.15) is 0 Å². The van der Waals surface area contributed by atoms with Crippen molar-refractivity contribution in [3.63, 3.8) is 0 Å². The molecule has 4 nitrogen and oxygen atoms in total. The van der Waals surface area contributed by atoms with Crippen LogP contribution in [0.2, 0.25) is 5.02 Å². The van der Waals surface area contributed by atoms with Crippen molar-refractivity contribution in [2.45, 2.75) is 0 Å². The molecule has 4 aromatic heterocycles. The van der Waals surface area contributed by atoms with Crippen LogP contribution in [0, 0.1) is 0 Å². The second-order valence-electron chi connectivity index (χ2n) is 30.4. The van der Waals surface area contributed by atoms with Gasteiger partial charge in [-0.15, -0.1) is 0 Å². The van der Waals surface area contributed by atoms with E-state index in [0.717, 1.165) is 5.02 Å². The lowest BCUT2D eigenvalue weighted by Gasteiger charge is -2.12. The Hall–Kier alpha value is -14.6. The Kier molecular flexibility index (Phi) is 13.9. The van der Waals surface area contributed by atoms with E-state index in [1.54, 1.807) is 0 Å². The maximum atomic E-state index is 6.10. The number of aromatic nitrogens is 4. The van der Waals surface area contributed by atoms with E-state index in [9.17, 15) is 0 Å². The van der Waals surface area contributed by atoms with Crippen LogP contribution in [0.4, 0.5) is 0 Å². The van der Waals surface area contributed by atoms with Gasteiger partial charge in [0, 0.05) is 87.0 Å². The smallest absolute Gasteiger partial charge is 0.0619 e. The van der Waals surface area contributed by atoms with Crippen molar-refractivity contribution in [1.29, 1.82) is 0 Å². The van der Waals surface area contributed by atoms with Crippen LogP contribution in [0.25, 0.3) is 236 Å². The molecule has 0 spiro atoms. The molecule has 0 amide bonds. The number of nitrogens with zero attached hydrogens (tertiary/aromatic N) is 3. The van der Waals surface area contributed by atoms with E-state index in [2.05, 4.69) is 401 Å². The van der Waals surface area contributed by atoms with E-state index < -0.39 is 0 Å². The van der Waals surface area contributed by atoms with Crippen molar-refractivity contribution < 1.29 is 0 Å². The number of aromatic amines is 1. The maximum absolute atomic E-state index is 6.10. The van der Waals surface area contributed by atoms with E-state index in [-0.39, 0.29) is 0 Å². The number of hydrogen-bond acceptors (Lipinski definition) is 0. The van der Waals surface area contributed by atoms with Gasteiger partial charge in [-0.05, 0) is 230 Å². The third-order valence-electron chi connectivity index (χ3n) is 24.3. The zero-order valence-electron chi connectivity index (χ0n) is 61.2. The van der Waals surface area contributed by atoms with E-state index in [1.165, 1.54) is 236 Å². The molecule has 4 heterocycles. The van der Waals surface area contributed by atoms with E-state index in [0.29, 0.717) is 0 Å². The van der Waals surface area contributed by atoms with Crippen LogP contribution in [0.5, 0.6) is 0 Å². The second-order valence-corrected chi connectivity index (χ2v) is 30.9. The largest absolute Gasteiger partial charge is 0.355 e. The number of H-pyrrole nitrogens is 1. The zero-order chi connectivity index (χ0) is 74.1. The standard InChI is InChI=1S/C54H32N2.C38H24N2.C16H9Cl/c1-2-11-36-29-39(23-19-33(36)9-1)56-52-28-22-38(31-49(52)46-25-20-34-10-3-4-14-41(34)54(46)56)37-21-27-51-48(30-37)43-15-5-6-18-50(43)55(51)40-24-26-42-44-16-7-12-35-13-8-17-45(53(35)44)47(42)32-40;1-2-9-26-21-29(17-13-24(26)7-1)40-37-20-16-28(23-34(37)32-18-14-25-8-3-4-10-30(25)38(32)40)27-15-19-36-33(22-27)31-11-5-6-12-35(31)39-36;17-11-7-8-12-13-5-1-3-10-4-2-6-14(16(10)13)15(12)9-11/h1-32H;1-23,39H;1-9H. The van der Waals surface area contributed by atoms with Gasteiger partial charge in [0.15, 0.2) is 0 Å². The lowest BCUT2D eigenvalue weighted by Crippen LogP contribution is -1.95. The summed E-state index contributed by atoms with van der Waals surface area (Å²) in [5.41, 5.74) is 28.6. The lowest BCUT2D eigenvalue weighted by atomic mass is 10.00. The summed E-state index contributed by atoms with van der Waals surface area (Å²) in [6, 6.07) is 142. The summed E-state index contributed by atoms with van der Waals surface area (Å²) < 4.78 is 7.37. The molecule has 26 rings (SSSR count). The first kappa shape index (κ1) is 63.4. The van der Waals surface area contributed by atoms with Crippen LogP contribution >= 0.6 is 11.6 Å². The summed E-state index contributed by atoms with van der Waals surface area (Å²) in [5.74, 6) is 0. The zero-order valence-corrected chi connectivity index (χ0v) is 61.9. The Morgan fingerprint density at radius 2 is 0.558 bits per heavy atom. The molecule has 24 aromatic rings. The highest BCUT2D eigenvalue weighted by Crippen LogP contribution is 2.51. The average Bonchev–Trinajstić information content (AvgIpc) is 1.58. The molecule has 0 fully saturated rings. The van der Waals surface area contributed by atoms with Crippen molar-refractivity contribution in [3.05, 3.63) is 393 Å². The van der Waals surface area contributed by atoms with Gasteiger partial charge in [0.05, 0.1) is 33.1 Å². The molecule has 0 radical (unpaired) electrons. The third kappa shape index (κ3) is 9.77. The summed E-state index contributed by atoms with van der Waals surface area (Å²) in [6.07, 6.45) is 0. The molecule has 0 saturated carbocycles. The van der Waals surface area contributed by atoms with Crippen molar-refractivity contribution in [1.82, 2.24) is 18.7 Å². The van der Waals surface area contributed by atoms with Gasteiger partial charge in [0.2, 0.25) is 0 Å². The molecule has 0 aliphatic heterocycles. The van der Waals surface area contributed by atoms with Gasteiger partial charge in [-0.3, -0.25) is 0 Å². The highest BCUT2D eigenvalue weighted by Gasteiger charge is 2.26. The van der Waals surface area contributed by atoms with Gasteiger partial charge in [-0.25, -0.2) is 0 Å². The van der Waals surface area contributed by atoms with Crippen LogP contribution < -0.4 is 0 Å². The SMILES string of the molecule is Clc1ccc2c(c1)-c1cccc3cccc-2c13.c1ccc2cc(-n3c4ccc(-c5ccc6[nH]c7ccccc7c6c5)cc4c4ccc5ccccc5c43)ccc2c1.c1ccc2cc(-n3c4ccc(-c5ccc6c(c5)c5ccccc5n6-c5ccc6c(c5)-c5cccc7cccc-6c57)cc4c4ccc5ccccc5c43)ccc2c1. The summed E-state index contributed by atoms with van der Waals surface area (Å²) >= 11 is 6.10. The second kappa shape index (κ2) is 24.7. The minimum absolute atomic E-state index is 0.800. The summed E-state index contributed by atoms with van der Waals surface area (Å²) in [6.45, 7) is 0. The maximum Gasteiger partial charge on any atom is 0.0619 e. The predicted octanol–water partition coefficient (Wildman–Crippen LogP) is 30.2. The first-order valence-corrected chi connectivity index (χ1v) is 39.2. The molecule has 1 N–H and O–H groups in total. The van der Waals surface area contributed by atoms with Gasteiger partial charge in [0.25, 0.3) is 0 Å². The quantitative estimate of drug-likeness (QED) is 0.178. The first-order chi connectivity index (χ1) is 55.9. The monoisotopic (exact) mass is 1450 g/mol. The number of hydrogen-bond donors (Lipinski definition) is 1. The average molecular weight is 1450 g/mol. The Bertz CT molecular complexity index is 8210. The highest BCUT2D eigenvalue weighted by atomic mass is 35.5. The van der Waals surface area contributed by atoms with Gasteiger partial charge in [-0.1, -0.05) is 291 Å². The molecular weight excluding hydrogens is 1390 g/mol. The molecule has 113 heavy (non-hydrogen) atoms. The fraction of sp³-hybridized carbons (Fsp3) is 0. The van der Waals surface area contributed by atoms with Crippen LogP contribution in [-0.2, 0) is 0 Å². The fourth-order valence-electron chi connectivity index (χ4n) is 19.2. The van der Waals surface area contributed by atoms with Gasteiger partial charge in [0.1, 0.15) is 0 Å². The van der Waals surface area contributed by atoms with Crippen molar-refractivity contribution in [2.75, 3.05) is 0 Å². The van der Waals surface area contributed by atoms with Crippen LogP contribution in [0.1, 0.15) is 0 Å². The summed E-state index contributed by atoms with van der Waals surface area (Å²) in [5, 5.41) is 26.3. The molecular formula is C108H65ClN4. The van der Waals surface area contributed by atoms with Gasteiger partial charge >= 0.3 is 0 Å². The predicted molar refractivity (Wildman–Crippen MR) is 481 cm³/mol. The molecule has 0 atom stereocenters. The molecule has 0 bridgehead atoms. The summed E-state index contributed by atoms with van der Waals surface area (Å²) in [7, 11) is 0. The fourth-order valence-corrected chi connectivity index (χ4v) is 19.4. The number of para-hydroxylation sites is 2. The van der Waals surface area contributed by atoms with Crippen molar-refractivity contribution in [2.24, 2.45) is 0 Å². The molecule has 0 saturated heterocycles. The Morgan fingerprint density at radius 3 is 1.11 bits per heavy atom.